The van der Waals surface area contributed by atoms with Crippen LogP contribution in [0.15, 0.2) is 36.4 Å². The summed E-state index contributed by atoms with van der Waals surface area (Å²) in [7, 11) is 0. The Balaban J connectivity index is 1.66. The molecule has 3 heterocycles. The van der Waals surface area contributed by atoms with Crippen molar-refractivity contribution in [2.45, 2.75) is 18.6 Å². The van der Waals surface area contributed by atoms with Gasteiger partial charge in [-0.25, -0.2) is 4.90 Å². The van der Waals surface area contributed by atoms with Crippen LogP contribution in [0.2, 0.25) is 0 Å². The molecule has 1 aromatic rings. The fourth-order valence-electron chi connectivity index (χ4n) is 3.86. The van der Waals surface area contributed by atoms with Gasteiger partial charge in [-0.1, -0.05) is 6.08 Å². The number of amides is 2. The van der Waals surface area contributed by atoms with Gasteiger partial charge in [-0.3, -0.25) is 24.5 Å². The van der Waals surface area contributed by atoms with Crippen LogP contribution in [0.4, 0.5) is 11.4 Å². The highest BCUT2D eigenvalue weighted by atomic mass is 16.6. The van der Waals surface area contributed by atoms with E-state index in [2.05, 4.69) is 0 Å². The first-order valence-corrected chi connectivity index (χ1v) is 7.97. The minimum absolute atomic E-state index is 0.135. The first kappa shape index (κ1) is 16.4. The number of imide groups is 1. The quantitative estimate of drug-likeness (QED) is 0.259. The Morgan fingerprint density at radius 3 is 2.62 bits per heavy atom. The summed E-state index contributed by atoms with van der Waals surface area (Å²) in [5, 5.41) is 10.8. The third kappa shape index (κ3) is 2.17. The van der Waals surface area contributed by atoms with Crippen molar-refractivity contribution >= 4 is 29.2 Å². The van der Waals surface area contributed by atoms with Gasteiger partial charge in [0.1, 0.15) is 12.2 Å². The smallest absolute Gasteiger partial charge is 0.302 e. The first-order valence-electron chi connectivity index (χ1n) is 7.97. The lowest BCUT2D eigenvalue weighted by Crippen LogP contribution is -2.44. The Bertz CT molecular complexity index is 862. The van der Waals surface area contributed by atoms with Crippen molar-refractivity contribution in [3.63, 3.8) is 0 Å². The van der Waals surface area contributed by atoms with Gasteiger partial charge in [-0.15, -0.1) is 0 Å². The number of non-ortho nitro benzene ring substituents is 1. The number of esters is 1. The number of hydrogen-bond acceptors (Lipinski definition) is 7. The number of anilines is 1. The molecule has 4 rings (SSSR count). The average Bonchev–Trinajstić information content (AvgIpc) is 3.24. The zero-order valence-corrected chi connectivity index (χ0v) is 13.7. The van der Waals surface area contributed by atoms with Crippen LogP contribution >= 0.6 is 0 Å². The molecule has 2 bridgehead atoms. The minimum atomic E-state index is -1.15. The summed E-state index contributed by atoms with van der Waals surface area (Å²) in [5.41, 5.74) is -1.02. The number of rotatable bonds is 4. The van der Waals surface area contributed by atoms with Gasteiger partial charge in [0, 0.05) is 19.1 Å². The molecule has 0 radical (unpaired) electrons. The van der Waals surface area contributed by atoms with Gasteiger partial charge in [0.2, 0.25) is 11.8 Å². The Morgan fingerprint density at radius 2 is 2.00 bits per heavy atom. The monoisotopic (exact) mass is 358 g/mol. The molecule has 1 aromatic carbocycles. The second-order valence-electron chi connectivity index (χ2n) is 6.47. The Kier molecular flexibility index (Phi) is 3.45. The summed E-state index contributed by atoms with van der Waals surface area (Å²) < 4.78 is 10.9. The summed E-state index contributed by atoms with van der Waals surface area (Å²) >= 11 is 0. The lowest BCUT2D eigenvalue weighted by molar-refractivity contribution is -0.384. The third-order valence-electron chi connectivity index (χ3n) is 4.97. The van der Waals surface area contributed by atoms with Crippen molar-refractivity contribution in [1.29, 1.82) is 0 Å². The van der Waals surface area contributed by atoms with Crippen LogP contribution in [0, 0.1) is 22.0 Å². The van der Waals surface area contributed by atoms with Crippen molar-refractivity contribution in [2.24, 2.45) is 11.8 Å². The molecule has 4 atom stereocenters. The van der Waals surface area contributed by atoms with Crippen LogP contribution in [0.25, 0.3) is 0 Å². The van der Waals surface area contributed by atoms with E-state index in [-0.39, 0.29) is 18.0 Å². The van der Waals surface area contributed by atoms with Crippen LogP contribution in [0.1, 0.15) is 6.92 Å². The predicted octanol–water partition coefficient (Wildman–Crippen LogP) is 0.971. The molecular formula is C17H14N2O7. The zero-order valence-electron chi connectivity index (χ0n) is 13.7. The number of nitro benzene ring substituents is 1. The number of carbonyl (C=O) groups is 3. The van der Waals surface area contributed by atoms with E-state index in [0.717, 1.165) is 4.90 Å². The fourth-order valence-corrected chi connectivity index (χ4v) is 3.86. The van der Waals surface area contributed by atoms with E-state index in [9.17, 15) is 24.5 Å². The molecule has 134 valence electrons. The molecular weight excluding hydrogens is 344 g/mol. The molecule has 2 saturated heterocycles. The van der Waals surface area contributed by atoms with Crippen molar-refractivity contribution in [2.75, 3.05) is 11.5 Å². The Hall–Kier alpha value is -3.07. The maximum absolute atomic E-state index is 13.0. The minimum Gasteiger partial charge on any atom is -0.462 e. The van der Waals surface area contributed by atoms with E-state index in [4.69, 9.17) is 9.47 Å². The molecule has 0 N–H and O–H groups in total. The molecule has 0 saturated carbocycles. The number of fused-ring (bicyclic) bond motifs is 5. The lowest BCUT2D eigenvalue weighted by Gasteiger charge is -2.28. The highest BCUT2D eigenvalue weighted by Crippen LogP contribution is 2.52. The van der Waals surface area contributed by atoms with Crippen molar-refractivity contribution in [3.8, 4) is 0 Å². The van der Waals surface area contributed by atoms with Gasteiger partial charge in [0.05, 0.1) is 28.6 Å². The standard InChI is InChI=1S/C17H14N2O7/c1-9(20)25-8-17-7-6-12(26-17)13-14(17)16(22)18(15(13)21)10-2-4-11(5-3-10)19(23)24/h2-7,12-14H,8H2,1H3. The number of nitro groups is 1. The van der Waals surface area contributed by atoms with Gasteiger partial charge in [0.25, 0.3) is 5.69 Å². The topological polar surface area (TPSA) is 116 Å². The second kappa shape index (κ2) is 5.46. The van der Waals surface area contributed by atoms with Crippen LogP contribution in [-0.2, 0) is 23.9 Å². The number of benzene rings is 1. The summed E-state index contributed by atoms with van der Waals surface area (Å²) in [6, 6.07) is 5.21. The summed E-state index contributed by atoms with van der Waals surface area (Å²) in [5.74, 6) is -2.88. The largest absolute Gasteiger partial charge is 0.462 e. The predicted molar refractivity (Wildman–Crippen MR) is 85.9 cm³/mol. The van der Waals surface area contributed by atoms with Crippen LogP contribution in [0.5, 0.6) is 0 Å². The van der Waals surface area contributed by atoms with Crippen molar-refractivity contribution in [3.05, 3.63) is 46.5 Å². The molecule has 0 aliphatic carbocycles. The summed E-state index contributed by atoms with van der Waals surface area (Å²) in [6.07, 6.45) is 2.82. The van der Waals surface area contributed by atoms with E-state index in [1.807, 2.05) is 0 Å². The third-order valence-corrected chi connectivity index (χ3v) is 4.97. The molecule has 26 heavy (non-hydrogen) atoms. The van der Waals surface area contributed by atoms with E-state index < -0.39 is 46.2 Å². The number of carbonyl (C=O) groups excluding carboxylic acids is 3. The van der Waals surface area contributed by atoms with Crippen LogP contribution in [-0.4, -0.2) is 41.0 Å². The van der Waals surface area contributed by atoms with E-state index in [1.54, 1.807) is 12.2 Å². The van der Waals surface area contributed by atoms with Crippen molar-refractivity contribution in [1.82, 2.24) is 0 Å². The molecule has 3 aliphatic heterocycles. The van der Waals surface area contributed by atoms with E-state index >= 15 is 0 Å². The van der Waals surface area contributed by atoms with E-state index in [0.29, 0.717) is 0 Å². The SMILES string of the molecule is CC(=O)OCC12C=CC(O1)C1C(=O)N(c3ccc([N+](=O)[O-])cc3)C(=O)C12. The number of ether oxygens (including phenoxy) is 2. The average molecular weight is 358 g/mol. The molecule has 9 nitrogen and oxygen atoms in total. The second-order valence-corrected chi connectivity index (χ2v) is 6.47. The lowest BCUT2D eigenvalue weighted by atomic mass is 9.77. The highest BCUT2D eigenvalue weighted by Gasteiger charge is 2.68. The molecule has 4 unspecified atom stereocenters. The van der Waals surface area contributed by atoms with Gasteiger partial charge in [0.15, 0.2) is 0 Å². The fraction of sp³-hybridized carbons (Fsp3) is 0.353. The molecule has 0 aromatic heterocycles. The maximum atomic E-state index is 13.0. The Morgan fingerprint density at radius 1 is 1.31 bits per heavy atom. The first-order chi connectivity index (χ1) is 12.3. The van der Waals surface area contributed by atoms with Gasteiger partial charge < -0.3 is 9.47 Å². The van der Waals surface area contributed by atoms with Crippen molar-refractivity contribution < 1.29 is 28.8 Å². The maximum Gasteiger partial charge on any atom is 0.302 e. The molecule has 3 aliphatic rings. The normalized spacial score (nSPS) is 31.4. The van der Waals surface area contributed by atoms with Crippen LogP contribution in [0.3, 0.4) is 0 Å². The van der Waals surface area contributed by atoms with Crippen LogP contribution < -0.4 is 4.90 Å². The van der Waals surface area contributed by atoms with E-state index in [1.165, 1.54) is 31.2 Å². The summed E-state index contributed by atoms with van der Waals surface area (Å²) in [6.45, 7) is 1.10. The van der Waals surface area contributed by atoms with Gasteiger partial charge in [-0.2, -0.15) is 0 Å². The number of nitrogens with zero attached hydrogens (tertiary/aromatic N) is 2. The van der Waals surface area contributed by atoms with Gasteiger partial charge in [-0.05, 0) is 18.2 Å². The summed E-state index contributed by atoms with van der Waals surface area (Å²) in [4.78, 5) is 48.2. The van der Waals surface area contributed by atoms with Gasteiger partial charge >= 0.3 is 5.97 Å². The molecule has 9 heteroatoms. The molecule has 2 amide bonds. The molecule has 2 fully saturated rings. The zero-order chi connectivity index (χ0) is 18.6. The Labute approximate surface area is 147 Å². The number of hydrogen-bond donors (Lipinski definition) is 0. The highest BCUT2D eigenvalue weighted by molar-refractivity contribution is 6.23. The molecule has 0 spiro atoms.